The van der Waals surface area contributed by atoms with Gasteiger partial charge in [0.05, 0.1) is 18.6 Å². The fraction of sp³-hybridized carbons (Fsp3) is 0.556. The monoisotopic (exact) mass is 357 g/mol. The van der Waals surface area contributed by atoms with E-state index in [1.165, 1.54) is 12.1 Å². The molecule has 0 aliphatic heterocycles. The van der Waals surface area contributed by atoms with E-state index >= 15 is 0 Å². The molecule has 1 fully saturated rings. The summed E-state index contributed by atoms with van der Waals surface area (Å²) < 4.78 is 42.9. The minimum Gasteiger partial charge on any atom is -0.466 e. The van der Waals surface area contributed by atoms with Gasteiger partial charge in [-0.25, -0.2) is 0 Å². The van der Waals surface area contributed by atoms with Crippen molar-refractivity contribution in [2.75, 3.05) is 13.2 Å². The average molecular weight is 357 g/mol. The van der Waals surface area contributed by atoms with E-state index in [-0.39, 0.29) is 43.1 Å². The summed E-state index contributed by atoms with van der Waals surface area (Å²) in [5.74, 6) is -0.726. The smallest absolute Gasteiger partial charge is 0.416 e. The number of halogens is 3. The standard InChI is InChI=1S/C18H22F3NO3/c1-2-25-16(23)11-12-22(15-5-3-4-6-15)17(24)13-7-9-14(10-8-13)18(19,20)21/h7-10,15H,2-6,11-12H2,1H3. The lowest BCUT2D eigenvalue weighted by Crippen LogP contribution is -2.40. The quantitative estimate of drug-likeness (QED) is 0.722. The Morgan fingerprint density at radius 1 is 1.16 bits per heavy atom. The number of amides is 1. The highest BCUT2D eigenvalue weighted by molar-refractivity contribution is 5.94. The van der Waals surface area contributed by atoms with Gasteiger partial charge in [0, 0.05) is 18.2 Å². The Hall–Kier alpha value is -2.05. The van der Waals surface area contributed by atoms with Crippen LogP contribution in [0.1, 0.15) is 54.9 Å². The molecule has 1 aromatic carbocycles. The maximum atomic E-state index is 12.8. The number of carbonyl (C=O) groups is 2. The zero-order valence-corrected chi connectivity index (χ0v) is 14.1. The van der Waals surface area contributed by atoms with Crippen molar-refractivity contribution in [2.45, 2.75) is 51.2 Å². The van der Waals surface area contributed by atoms with Crippen LogP contribution in [0.4, 0.5) is 13.2 Å². The molecule has 2 rings (SSSR count). The van der Waals surface area contributed by atoms with Gasteiger partial charge in [0.1, 0.15) is 0 Å². The summed E-state index contributed by atoms with van der Waals surface area (Å²) in [5, 5.41) is 0. The second kappa shape index (κ2) is 8.36. The fourth-order valence-corrected chi connectivity index (χ4v) is 3.08. The number of esters is 1. The summed E-state index contributed by atoms with van der Waals surface area (Å²) in [6, 6.07) is 4.22. The molecule has 0 aromatic heterocycles. The Labute approximate surface area is 144 Å². The summed E-state index contributed by atoms with van der Waals surface area (Å²) in [5.41, 5.74) is -0.591. The molecule has 0 heterocycles. The summed E-state index contributed by atoms with van der Waals surface area (Å²) in [6.07, 6.45) is -0.667. The van der Waals surface area contributed by atoms with E-state index < -0.39 is 11.7 Å². The topological polar surface area (TPSA) is 46.6 Å². The lowest BCUT2D eigenvalue weighted by Gasteiger charge is -2.29. The third-order valence-corrected chi connectivity index (χ3v) is 4.35. The van der Waals surface area contributed by atoms with Gasteiger partial charge in [-0.3, -0.25) is 9.59 Å². The number of carbonyl (C=O) groups excluding carboxylic acids is 2. The molecule has 0 bridgehead atoms. The predicted molar refractivity (Wildman–Crippen MR) is 86.0 cm³/mol. The Balaban J connectivity index is 2.12. The Bertz CT molecular complexity index is 593. The number of nitrogens with zero attached hydrogens (tertiary/aromatic N) is 1. The summed E-state index contributed by atoms with van der Waals surface area (Å²) >= 11 is 0. The first-order valence-corrected chi connectivity index (χ1v) is 8.46. The molecule has 138 valence electrons. The second-order valence-corrected chi connectivity index (χ2v) is 6.07. The van der Waals surface area contributed by atoms with Gasteiger partial charge in [-0.15, -0.1) is 0 Å². The van der Waals surface area contributed by atoms with Crippen molar-refractivity contribution in [2.24, 2.45) is 0 Å². The molecule has 0 unspecified atom stereocenters. The molecule has 1 saturated carbocycles. The summed E-state index contributed by atoms with van der Waals surface area (Å²) in [4.78, 5) is 26.0. The van der Waals surface area contributed by atoms with Crippen LogP contribution >= 0.6 is 0 Å². The zero-order valence-electron chi connectivity index (χ0n) is 14.1. The van der Waals surface area contributed by atoms with Gasteiger partial charge >= 0.3 is 12.1 Å². The lowest BCUT2D eigenvalue weighted by atomic mass is 10.1. The van der Waals surface area contributed by atoms with Gasteiger partial charge in [0.2, 0.25) is 0 Å². The highest BCUT2D eigenvalue weighted by Crippen LogP contribution is 2.30. The number of alkyl halides is 3. The lowest BCUT2D eigenvalue weighted by molar-refractivity contribution is -0.143. The molecule has 0 N–H and O–H groups in total. The normalized spacial score (nSPS) is 15.2. The third kappa shape index (κ3) is 5.21. The largest absolute Gasteiger partial charge is 0.466 e. The molecule has 0 spiro atoms. The molecule has 1 amide bonds. The minimum absolute atomic E-state index is 0.0178. The number of rotatable bonds is 6. The van der Waals surface area contributed by atoms with Crippen LogP contribution in [0.5, 0.6) is 0 Å². The van der Waals surface area contributed by atoms with Gasteiger partial charge in [0.25, 0.3) is 5.91 Å². The van der Waals surface area contributed by atoms with Crippen molar-refractivity contribution in [3.8, 4) is 0 Å². The molecule has 7 heteroatoms. The van der Waals surface area contributed by atoms with E-state index in [2.05, 4.69) is 0 Å². The maximum Gasteiger partial charge on any atom is 0.416 e. The van der Waals surface area contributed by atoms with Crippen LogP contribution in [0.3, 0.4) is 0 Å². The summed E-state index contributed by atoms with van der Waals surface area (Å²) in [7, 11) is 0. The second-order valence-electron chi connectivity index (χ2n) is 6.07. The van der Waals surface area contributed by atoms with Gasteiger partial charge in [-0.1, -0.05) is 12.8 Å². The van der Waals surface area contributed by atoms with Crippen LogP contribution in [0, 0.1) is 0 Å². The van der Waals surface area contributed by atoms with Crippen LogP contribution in [0.2, 0.25) is 0 Å². The highest BCUT2D eigenvalue weighted by atomic mass is 19.4. The van der Waals surface area contributed by atoms with Crippen molar-refractivity contribution in [1.82, 2.24) is 4.90 Å². The van der Waals surface area contributed by atoms with E-state index in [1.54, 1.807) is 11.8 Å². The minimum atomic E-state index is -4.43. The van der Waals surface area contributed by atoms with E-state index in [0.29, 0.717) is 0 Å². The van der Waals surface area contributed by atoms with E-state index in [1.807, 2.05) is 0 Å². The van der Waals surface area contributed by atoms with E-state index in [0.717, 1.165) is 37.8 Å². The zero-order chi connectivity index (χ0) is 18.4. The molecule has 1 aliphatic rings. The van der Waals surface area contributed by atoms with Crippen molar-refractivity contribution < 1.29 is 27.5 Å². The molecular formula is C18H22F3NO3. The summed E-state index contributed by atoms with van der Waals surface area (Å²) in [6.45, 7) is 2.19. The maximum absolute atomic E-state index is 12.8. The van der Waals surface area contributed by atoms with Crippen LogP contribution in [-0.4, -0.2) is 36.0 Å². The fourth-order valence-electron chi connectivity index (χ4n) is 3.08. The molecule has 1 aliphatic carbocycles. The first-order valence-electron chi connectivity index (χ1n) is 8.46. The van der Waals surface area contributed by atoms with Crippen molar-refractivity contribution in [1.29, 1.82) is 0 Å². The first kappa shape index (κ1) is 19.3. The molecule has 0 radical (unpaired) electrons. The van der Waals surface area contributed by atoms with Crippen molar-refractivity contribution >= 4 is 11.9 Å². The number of ether oxygens (including phenoxy) is 1. The number of hydrogen-bond acceptors (Lipinski definition) is 3. The van der Waals surface area contributed by atoms with Crippen LogP contribution in [0.25, 0.3) is 0 Å². The highest BCUT2D eigenvalue weighted by Gasteiger charge is 2.31. The molecule has 0 saturated heterocycles. The SMILES string of the molecule is CCOC(=O)CCN(C(=O)c1ccc(C(F)(F)F)cc1)C1CCCC1. The Morgan fingerprint density at radius 2 is 1.76 bits per heavy atom. The van der Waals surface area contributed by atoms with E-state index in [9.17, 15) is 22.8 Å². The molecular weight excluding hydrogens is 335 g/mol. The van der Waals surface area contributed by atoms with Gasteiger partial charge in [0.15, 0.2) is 0 Å². The third-order valence-electron chi connectivity index (χ3n) is 4.35. The van der Waals surface area contributed by atoms with E-state index in [4.69, 9.17) is 4.74 Å². The van der Waals surface area contributed by atoms with Gasteiger partial charge in [-0.05, 0) is 44.0 Å². The first-order chi connectivity index (χ1) is 11.8. The molecule has 25 heavy (non-hydrogen) atoms. The number of benzene rings is 1. The number of hydrogen-bond donors (Lipinski definition) is 0. The Morgan fingerprint density at radius 3 is 2.28 bits per heavy atom. The molecule has 4 nitrogen and oxygen atoms in total. The predicted octanol–water partition coefficient (Wildman–Crippen LogP) is 4.04. The molecule has 1 aromatic rings. The van der Waals surface area contributed by atoms with Crippen molar-refractivity contribution in [3.05, 3.63) is 35.4 Å². The average Bonchev–Trinajstić information content (AvgIpc) is 3.09. The van der Waals surface area contributed by atoms with Crippen molar-refractivity contribution in [3.63, 3.8) is 0 Å². The Kier molecular flexibility index (Phi) is 6.45. The van der Waals surface area contributed by atoms with Crippen LogP contribution < -0.4 is 0 Å². The van der Waals surface area contributed by atoms with Crippen LogP contribution in [0.15, 0.2) is 24.3 Å². The molecule has 0 atom stereocenters. The van der Waals surface area contributed by atoms with Gasteiger partial charge in [-0.2, -0.15) is 13.2 Å². The van der Waals surface area contributed by atoms with Crippen LogP contribution in [-0.2, 0) is 15.7 Å². The van der Waals surface area contributed by atoms with Gasteiger partial charge < -0.3 is 9.64 Å².